The maximum absolute atomic E-state index is 13.9. The monoisotopic (exact) mass is 522 g/mol. The van der Waals surface area contributed by atoms with Gasteiger partial charge in [0.15, 0.2) is 10.9 Å². The van der Waals surface area contributed by atoms with E-state index in [1.54, 1.807) is 4.57 Å². The lowest BCUT2D eigenvalue weighted by Gasteiger charge is -2.26. The van der Waals surface area contributed by atoms with E-state index in [4.69, 9.17) is 9.72 Å². The fraction of sp³-hybridized carbons (Fsp3) is 0.321. The van der Waals surface area contributed by atoms with Crippen LogP contribution in [0.1, 0.15) is 40.2 Å². The van der Waals surface area contributed by atoms with Gasteiger partial charge in [0.1, 0.15) is 10.6 Å². The van der Waals surface area contributed by atoms with Crippen LogP contribution in [-0.4, -0.2) is 27.2 Å². The number of nitrogens with zero attached hydrogens (tertiary/aromatic N) is 2. The SMILES string of the molecule is CC(C)[C@@H]1Cc2c(sc3nc(SCC(=O)c4ccc(F)cc4)n(CCc4ccccc4)c(=O)c23)CO1. The highest BCUT2D eigenvalue weighted by Gasteiger charge is 2.28. The highest BCUT2D eigenvalue weighted by molar-refractivity contribution is 7.99. The maximum Gasteiger partial charge on any atom is 0.263 e. The number of aryl methyl sites for hydroxylation is 1. The molecule has 8 heteroatoms. The Morgan fingerprint density at radius 3 is 2.67 bits per heavy atom. The lowest BCUT2D eigenvalue weighted by Crippen LogP contribution is -2.29. The average molecular weight is 523 g/mol. The van der Waals surface area contributed by atoms with Crippen molar-refractivity contribution < 1.29 is 13.9 Å². The zero-order chi connectivity index (χ0) is 25.2. The van der Waals surface area contributed by atoms with E-state index in [9.17, 15) is 14.0 Å². The summed E-state index contributed by atoms with van der Waals surface area (Å²) >= 11 is 2.76. The number of ketones is 1. The Hall–Kier alpha value is -2.81. The zero-order valence-electron chi connectivity index (χ0n) is 20.2. The molecule has 1 atom stereocenters. The van der Waals surface area contributed by atoms with Crippen molar-refractivity contribution in [3.63, 3.8) is 0 Å². The van der Waals surface area contributed by atoms with E-state index < -0.39 is 0 Å². The van der Waals surface area contributed by atoms with E-state index >= 15 is 0 Å². The lowest BCUT2D eigenvalue weighted by molar-refractivity contribution is 0.00200. The van der Waals surface area contributed by atoms with Crippen LogP contribution in [-0.2, 0) is 30.7 Å². The number of aromatic nitrogens is 2. The molecule has 1 aliphatic rings. The molecule has 2 aromatic carbocycles. The van der Waals surface area contributed by atoms with Gasteiger partial charge in [-0.25, -0.2) is 9.37 Å². The maximum atomic E-state index is 13.9. The number of Topliss-reactive ketones (excluding diaryl/α,β-unsaturated/α-hetero) is 1. The summed E-state index contributed by atoms with van der Waals surface area (Å²) in [5.41, 5.74) is 2.56. The predicted octanol–water partition coefficient (Wildman–Crippen LogP) is 5.91. The third-order valence-electron chi connectivity index (χ3n) is 6.50. The zero-order valence-corrected chi connectivity index (χ0v) is 21.8. The smallest absolute Gasteiger partial charge is 0.263 e. The first kappa shape index (κ1) is 24.9. The van der Waals surface area contributed by atoms with E-state index in [1.807, 2.05) is 30.3 Å². The molecule has 0 amide bonds. The minimum absolute atomic E-state index is 0.0606. The first-order valence-corrected chi connectivity index (χ1v) is 13.8. The molecular formula is C28H27FN2O3S2. The van der Waals surface area contributed by atoms with Crippen LogP contribution in [0.4, 0.5) is 4.39 Å². The first-order valence-electron chi connectivity index (χ1n) is 12.0. The topological polar surface area (TPSA) is 61.2 Å². The third-order valence-corrected chi connectivity index (χ3v) is 8.58. The summed E-state index contributed by atoms with van der Waals surface area (Å²) in [5.74, 6) is -0.0545. The summed E-state index contributed by atoms with van der Waals surface area (Å²) in [6, 6.07) is 15.5. The molecule has 0 bridgehead atoms. The Morgan fingerprint density at radius 2 is 1.94 bits per heavy atom. The van der Waals surface area contributed by atoms with Crippen LogP contribution in [0.5, 0.6) is 0 Å². The number of rotatable bonds is 8. The molecule has 4 aromatic rings. The molecular weight excluding hydrogens is 495 g/mol. The van der Waals surface area contributed by atoms with Gasteiger partial charge >= 0.3 is 0 Å². The molecule has 1 aliphatic heterocycles. The molecule has 2 aromatic heterocycles. The number of ether oxygens (including phenoxy) is 1. The van der Waals surface area contributed by atoms with Crippen LogP contribution < -0.4 is 5.56 Å². The standard InChI is InChI=1S/C28H27FN2O3S2/c1-17(2)23-14-21-24(15-34-23)36-26-25(21)27(33)31(13-12-18-6-4-3-5-7-18)28(30-26)35-16-22(32)19-8-10-20(29)11-9-19/h3-11,17,23H,12-16H2,1-2H3/t23-/m0/s1. The Labute approximate surface area is 217 Å². The van der Waals surface area contributed by atoms with Crippen LogP contribution in [0.2, 0.25) is 0 Å². The van der Waals surface area contributed by atoms with Crippen molar-refractivity contribution in [3.05, 3.63) is 92.3 Å². The van der Waals surface area contributed by atoms with Gasteiger partial charge in [0.25, 0.3) is 5.56 Å². The van der Waals surface area contributed by atoms with Crippen LogP contribution in [0.15, 0.2) is 64.5 Å². The van der Waals surface area contributed by atoms with E-state index in [0.717, 1.165) is 16.0 Å². The van der Waals surface area contributed by atoms with Gasteiger partial charge in [-0.3, -0.25) is 14.2 Å². The van der Waals surface area contributed by atoms with Gasteiger partial charge in [-0.2, -0.15) is 0 Å². The summed E-state index contributed by atoms with van der Waals surface area (Å²) in [4.78, 5) is 33.3. The number of halogens is 1. The average Bonchev–Trinajstić information content (AvgIpc) is 3.25. The number of thioether (sulfide) groups is 1. The number of hydrogen-bond donors (Lipinski definition) is 0. The van der Waals surface area contributed by atoms with E-state index in [2.05, 4.69) is 13.8 Å². The Morgan fingerprint density at radius 1 is 1.19 bits per heavy atom. The molecule has 5 nitrogen and oxygen atoms in total. The van der Waals surface area contributed by atoms with Crippen LogP contribution >= 0.6 is 23.1 Å². The highest BCUT2D eigenvalue weighted by Crippen LogP contribution is 2.36. The first-order chi connectivity index (χ1) is 17.4. The van der Waals surface area contributed by atoms with E-state index in [1.165, 1.54) is 47.4 Å². The summed E-state index contributed by atoms with van der Waals surface area (Å²) in [6.45, 7) is 5.22. The lowest BCUT2D eigenvalue weighted by atomic mass is 9.96. The van der Waals surface area contributed by atoms with Gasteiger partial charge in [-0.15, -0.1) is 11.3 Å². The van der Waals surface area contributed by atoms with Gasteiger partial charge in [0, 0.05) is 23.4 Å². The summed E-state index contributed by atoms with van der Waals surface area (Å²) in [7, 11) is 0. The number of benzene rings is 2. The highest BCUT2D eigenvalue weighted by atomic mass is 32.2. The van der Waals surface area contributed by atoms with E-state index in [0.29, 0.717) is 52.8 Å². The van der Waals surface area contributed by atoms with Crippen molar-refractivity contribution in [1.82, 2.24) is 9.55 Å². The predicted molar refractivity (Wildman–Crippen MR) is 143 cm³/mol. The Balaban J connectivity index is 1.50. The number of carbonyl (C=O) groups is 1. The number of carbonyl (C=O) groups excluding carboxylic acids is 1. The normalized spacial score (nSPS) is 15.4. The van der Waals surface area contributed by atoms with Crippen molar-refractivity contribution in [2.24, 2.45) is 5.92 Å². The van der Waals surface area contributed by atoms with Crippen molar-refractivity contribution in [3.8, 4) is 0 Å². The third kappa shape index (κ3) is 5.16. The van der Waals surface area contributed by atoms with E-state index in [-0.39, 0.29) is 29.0 Å². The molecule has 0 unspecified atom stereocenters. The van der Waals surface area contributed by atoms with Gasteiger partial charge < -0.3 is 4.74 Å². The van der Waals surface area contributed by atoms with Gasteiger partial charge in [0.05, 0.1) is 23.8 Å². The summed E-state index contributed by atoms with van der Waals surface area (Å²) in [6.07, 6.45) is 1.46. The number of thiophene rings is 1. The molecule has 5 rings (SSSR count). The van der Waals surface area contributed by atoms with Crippen LogP contribution in [0.3, 0.4) is 0 Å². The minimum Gasteiger partial charge on any atom is -0.372 e. The van der Waals surface area contributed by atoms with Crippen molar-refractivity contribution in [2.75, 3.05) is 5.75 Å². The van der Waals surface area contributed by atoms with Crippen LogP contribution in [0.25, 0.3) is 10.2 Å². The second-order valence-corrected chi connectivity index (χ2v) is 11.3. The number of fused-ring (bicyclic) bond motifs is 3. The molecule has 0 saturated heterocycles. The molecule has 0 radical (unpaired) electrons. The molecule has 0 N–H and O–H groups in total. The minimum atomic E-state index is -0.383. The molecule has 0 aliphatic carbocycles. The number of hydrogen-bond acceptors (Lipinski definition) is 6. The quantitative estimate of drug-likeness (QED) is 0.164. The second kappa shape index (κ2) is 10.7. The summed E-state index contributed by atoms with van der Waals surface area (Å²) in [5, 5.41) is 1.21. The fourth-order valence-corrected chi connectivity index (χ4v) is 6.50. The molecule has 3 heterocycles. The van der Waals surface area contributed by atoms with Gasteiger partial charge in [-0.05, 0) is 47.7 Å². The Bertz CT molecular complexity index is 1450. The second-order valence-electron chi connectivity index (χ2n) is 9.29. The Kier molecular flexibility index (Phi) is 7.37. The largest absolute Gasteiger partial charge is 0.372 e. The van der Waals surface area contributed by atoms with Gasteiger partial charge in [0.2, 0.25) is 0 Å². The van der Waals surface area contributed by atoms with Crippen molar-refractivity contribution in [2.45, 2.75) is 51.1 Å². The molecule has 36 heavy (non-hydrogen) atoms. The molecule has 0 spiro atoms. The van der Waals surface area contributed by atoms with Gasteiger partial charge in [-0.1, -0.05) is 55.9 Å². The van der Waals surface area contributed by atoms with Crippen molar-refractivity contribution in [1.29, 1.82) is 0 Å². The molecule has 0 fully saturated rings. The van der Waals surface area contributed by atoms with Crippen molar-refractivity contribution >= 4 is 39.1 Å². The fourth-order valence-electron chi connectivity index (χ4n) is 4.41. The van der Waals surface area contributed by atoms with Crippen LogP contribution in [0, 0.1) is 11.7 Å². The molecule has 0 saturated carbocycles. The summed E-state index contributed by atoms with van der Waals surface area (Å²) < 4.78 is 21.0. The molecule has 186 valence electrons.